The topological polar surface area (TPSA) is 108 Å². The summed E-state index contributed by atoms with van der Waals surface area (Å²) in [5.41, 5.74) is 3.80. The molecule has 4 atom stereocenters. The Labute approximate surface area is 289 Å². The molecule has 2 aromatic rings. The third-order valence-electron chi connectivity index (χ3n) is 9.52. The van der Waals surface area contributed by atoms with Crippen molar-refractivity contribution in [3.8, 4) is 0 Å². The van der Waals surface area contributed by atoms with Crippen molar-refractivity contribution in [1.29, 1.82) is 0 Å². The molecule has 3 N–H and O–H groups in total. The third-order valence-corrected chi connectivity index (χ3v) is 9.52. The number of aliphatic carboxylic acids is 1. The Balaban J connectivity index is 1.73. The summed E-state index contributed by atoms with van der Waals surface area (Å²) in [5, 5.41) is 21.3. The first kappa shape index (κ1) is 39.7. The van der Waals surface area contributed by atoms with E-state index >= 15 is 0 Å². The Morgan fingerprint density at radius 3 is 1.83 bits per heavy atom. The summed E-state index contributed by atoms with van der Waals surface area (Å²) >= 11 is 0. The Bertz CT molecular complexity index is 1160. The van der Waals surface area contributed by atoms with Gasteiger partial charge < -0.3 is 29.9 Å². The number of unbranched alkanes of at least 4 members (excludes halogenated alkanes) is 10. The second-order valence-electron chi connectivity index (χ2n) is 13.6. The van der Waals surface area contributed by atoms with Crippen molar-refractivity contribution < 1.29 is 29.3 Å². The molecule has 4 unspecified atom stereocenters. The van der Waals surface area contributed by atoms with Crippen LogP contribution in [0, 0.1) is 5.92 Å². The van der Waals surface area contributed by atoms with E-state index < -0.39 is 12.3 Å². The van der Waals surface area contributed by atoms with Crippen molar-refractivity contribution in [1.82, 2.24) is 10.2 Å². The molecular weight excluding hydrogens is 604 g/mol. The number of ether oxygens (including phenoxy) is 2. The van der Waals surface area contributed by atoms with Gasteiger partial charge in [0, 0.05) is 31.0 Å². The fourth-order valence-corrected chi connectivity index (χ4v) is 6.41. The molecule has 0 bridgehead atoms. The lowest BCUT2D eigenvalue weighted by atomic mass is 9.90. The number of aliphatic hydroxyl groups excluding tert-OH is 1. The summed E-state index contributed by atoms with van der Waals surface area (Å²) in [6.07, 6.45) is 14.4. The third kappa shape index (κ3) is 14.4. The molecule has 8 heteroatoms. The van der Waals surface area contributed by atoms with Crippen molar-refractivity contribution in [2.75, 3.05) is 19.6 Å². The Kier molecular flexibility index (Phi) is 18.8. The Morgan fingerprint density at radius 2 is 1.27 bits per heavy atom. The predicted octanol–water partition coefficient (Wildman–Crippen LogP) is 8.47. The number of rotatable bonds is 24. The number of hydrogen-bond acceptors (Lipinski definition) is 6. The second kappa shape index (κ2) is 22.8. The van der Waals surface area contributed by atoms with E-state index in [0.717, 1.165) is 41.9 Å². The van der Waals surface area contributed by atoms with Gasteiger partial charge in [-0.15, -0.1) is 0 Å². The zero-order chi connectivity index (χ0) is 34.6. The fourth-order valence-electron chi connectivity index (χ4n) is 6.41. The van der Waals surface area contributed by atoms with Gasteiger partial charge in [0.25, 0.3) is 0 Å². The van der Waals surface area contributed by atoms with Crippen molar-refractivity contribution in [3.63, 3.8) is 0 Å². The van der Waals surface area contributed by atoms with Gasteiger partial charge in [0.2, 0.25) is 5.91 Å². The summed E-state index contributed by atoms with van der Waals surface area (Å²) < 4.78 is 13.5. The molecule has 268 valence electrons. The van der Waals surface area contributed by atoms with Gasteiger partial charge >= 0.3 is 5.97 Å². The van der Waals surface area contributed by atoms with Crippen LogP contribution in [0.15, 0.2) is 48.5 Å². The van der Waals surface area contributed by atoms with E-state index in [9.17, 15) is 14.7 Å². The van der Waals surface area contributed by atoms with Gasteiger partial charge in [-0.3, -0.25) is 9.59 Å². The van der Waals surface area contributed by atoms with E-state index in [-0.39, 0.29) is 43.5 Å². The largest absolute Gasteiger partial charge is 0.481 e. The molecule has 1 aliphatic heterocycles. The van der Waals surface area contributed by atoms with Crippen molar-refractivity contribution in [2.45, 2.75) is 142 Å². The first-order chi connectivity index (χ1) is 23.3. The molecule has 1 amide bonds. The highest BCUT2D eigenvalue weighted by molar-refractivity contribution is 5.80. The van der Waals surface area contributed by atoms with Crippen LogP contribution in [-0.2, 0) is 32.2 Å². The molecule has 0 aliphatic carbocycles. The molecule has 0 saturated carbocycles. The normalized spacial score (nSPS) is 19.4. The standard InChI is InChI=1S/C40H62N2O6/c1-4-6-8-10-12-14-26-42(27-15-13-11-9-7-5-2)29-36-31(3)39(34-20-18-33(30-43)19-21-34)48-40(47-36)35-22-16-32(17-23-35)28-41-37(44)24-25-38(45)46/h16-23,31,36,39-40,43H,4-15,24-30H2,1-3H3,(H,41,44)(H,45,46). The molecule has 0 spiro atoms. The molecule has 1 saturated heterocycles. The highest BCUT2D eigenvalue weighted by Crippen LogP contribution is 2.42. The number of carbonyl (C=O) groups is 2. The number of amides is 1. The zero-order valence-electron chi connectivity index (χ0n) is 29.8. The molecule has 0 aromatic heterocycles. The lowest BCUT2D eigenvalue weighted by molar-refractivity contribution is -0.276. The first-order valence-corrected chi connectivity index (χ1v) is 18.6. The molecule has 1 heterocycles. The zero-order valence-corrected chi connectivity index (χ0v) is 29.8. The highest BCUT2D eigenvalue weighted by Gasteiger charge is 2.39. The summed E-state index contributed by atoms with van der Waals surface area (Å²) in [5.74, 6) is -1.14. The van der Waals surface area contributed by atoms with Crippen LogP contribution in [-0.4, -0.2) is 52.7 Å². The molecule has 1 fully saturated rings. The molecule has 2 aromatic carbocycles. The smallest absolute Gasteiger partial charge is 0.303 e. The number of benzene rings is 2. The van der Waals surface area contributed by atoms with E-state index in [1.54, 1.807) is 0 Å². The van der Waals surface area contributed by atoms with Crippen molar-refractivity contribution in [2.24, 2.45) is 5.92 Å². The van der Waals surface area contributed by atoms with E-state index in [0.29, 0.717) is 6.54 Å². The predicted molar refractivity (Wildman–Crippen MR) is 191 cm³/mol. The Hall–Kier alpha value is -2.78. The van der Waals surface area contributed by atoms with Crippen LogP contribution in [0.1, 0.15) is 145 Å². The molecule has 0 radical (unpaired) electrons. The van der Waals surface area contributed by atoms with Gasteiger partial charge in [-0.2, -0.15) is 0 Å². The number of carbonyl (C=O) groups excluding carboxylic acids is 1. The van der Waals surface area contributed by atoms with Gasteiger partial charge in [0.05, 0.1) is 25.2 Å². The molecule has 1 aliphatic rings. The van der Waals surface area contributed by atoms with Crippen LogP contribution < -0.4 is 5.32 Å². The minimum Gasteiger partial charge on any atom is -0.481 e. The minimum atomic E-state index is -0.981. The fraction of sp³-hybridized carbons (Fsp3) is 0.650. The van der Waals surface area contributed by atoms with E-state index in [1.165, 1.54) is 77.0 Å². The van der Waals surface area contributed by atoms with Crippen LogP contribution in [0.2, 0.25) is 0 Å². The van der Waals surface area contributed by atoms with Gasteiger partial charge in [0.15, 0.2) is 6.29 Å². The van der Waals surface area contributed by atoms with Gasteiger partial charge in [-0.25, -0.2) is 0 Å². The number of aliphatic hydroxyl groups is 1. The van der Waals surface area contributed by atoms with Gasteiger partial charge in [0.1, 0.15) is 0 Å². The maximum absolute atomic E-state index is 12.0. The van der Waals surface area contributed by atoms with E-state index in [4.69, 9.17) is 14.6 Å². The lowest BCUT2D eigenvalue weighted by Crippen LogP contribution is -2.45. The summed E-state index contributed by atoms with van der Waals surface area (Å²) in [4.78, 5) is 25.4. The second-order valence-corrected chi connectivity index (χ2v) is 13.6. The maximum atomic E-state index is 12.0. The van der Waals surface area contributed by atoms with E-state index in [2.05, 4.69) is 43.1 Å². The van der Waals surface area contributed by atoms with Crippen LogP contribution in [0.3, 0.4) is 0 Å². The first-order valence-electron chi connectivity index (χ1n) is 18.6. The Morgan fingerprint density at radius 1 is 0.729 bits per heavy atom. The summed E-state index contributed by atoms with van der Waals surface area (Å²) in [6.45, 7) is 10.1. The van der Waals surface area contributed by atoms with E-state index in [1.807, 2.05) is 36.4 Å². The van der Waals surface area contributed by atoms with Crippen molar-refractivity contribution >= 4 is 11.9 Å². The number of carboxylic acids is 1. The highest BCUT2D eigenvalue weighted by atomic mass is 16.7. The SMILES string of the molecule is CCCCCCCCN(CCCCCCCC)CC1OC(c2ccc(CNC(=O)CCC(=O)O)cc2)OC(c2ccc(CO)cc2)C1C. The minimum absolute atomic E-state index is 0.00787. The van der Waals surface area contributed by atoms with Crippen LogP contribution >= 0.6 is 0 Å². The summed E-state index contributed by atoms with van der Waals surface area (Å²) in [6, 6.07) is 16.0. The van der Waals surface area contributed by atoms with Crippen LogP contribution in [0.5, 0.6) is 0 Å². The molecule has 3 rings (SSSR count). The molecular formula is C40H62N2O6. The van der Waals surface area contributed by atoms with Crippen LogP contribution in [0.4, 0.5) is 0 Å². The quantitative estimate of drug-likeness (QED) is 0.0965. The molecule has 48 heavy (non-hydrogen) atoms. The average molecular weight is 667 g/mol. The lowest BCUT2D eigenvalue weighted by Gasteiger charge is -2.43. The number of hydrogen-bond donors (Lipinski definition) is 3. The summed E-state index contributed by atoms with van der Waals surface area (Å²) in [7, 11) is 0. The molecule has 8 nitrogen and oxygen atoms in total. The maximum Gasteiger partial charge on any atom is 0.303 e. The van der Waals surface area contributed by atoms with Crippen LogP contribution in [0.25, 0.3) is 0 Å². The van der Waals surface area contributed by atoms with Gasteiger partial charge in [-0.1, -0.05) is 134 Å². The average Bonchev–Trinajstić information content (AvgIpc) is 3.10. The number of nitrogens with one attached hydrogen (secondary N) is 1. The number of carboxylic acid groups (broad SMARTS) is 1. The number of nitrogens with zero attached hydrogens (tertiary/aromatic N) is 1. The van der Waals surface area contributed by atoms with Crippen molar-refractivity contribution in [3.05, 3.63) is 70.8 Å². The van der Waals surface area contributed by atoms with Gasteiger partial charge in [-0.05, 0) is 42.6 Å². The monoisotopic (exact) mass is 666 g/mol.